The number of hydrogen-bond acceptors (Lipinski definition) is 7. The molecule has 0 aliphatic carbocycles. The molecule has 7 heteroatoms. The van der Waals surface area contributed by atoms with Crippen LogP contribution in [0.15, 0.2) is 10.3 Å². The number of rotatable bonds is 9. The molecule has 0 atom stereocenters. The van der Waals surface area contributed by atoms with Crippen LogP contribution in [0.1, 0.15) is 64.1 Å². The molecule has 4 N–H and O–H groups in total. The topological polar surface area (TPSA) is 90.7 Å². The van der Waals surface area contributed by atoms with Gasteiger partial charge in [-0.05, 0) is 12.8 Å². The lowest BCUT2D eigenvalue weighted by molar-refractivity contribution is 0.368. The first-order valence-electron chi connectivity index (χ1n) is 7.18. The maximum absolute atomic E-state index is 6.10. The second-order valence-corrected chi connectivity index (χ2v) is 5.97. The fourth-order valence-corrected chi connectivity index (χ4v) is 2.51. The van der Waals surface area contributed by atoms with Crippen molar-refractivity contribution >= 4 is 25.3 Å². The van der Waals surface area contributed by atoms with E-state index >= 15 is 0 Å². The van der Waals surface area contributed by atoms with Crippen LogP contribution in [0.3, 0.4) is 0 Å². The highest BCUT2D eigenvalue weighted by atomic mass is 32.1. The van der Waals surface area contributed by atoms with Crippen LogP contribution in [0, 0.1) is 0 Å². The van der Waals surface area contributed by atoms with Gasteiger partial charge in [0.15, 0.2) is 16.1 Å². The minimum absolute atomic E-state index is 0.292. The summed E-state index contributed by atoms with van der Waals surface area (Å²) in [6.07, 6.45) is 9.15. The van der Waals surface area contributed by atoms with Crippen LogP contribution in [-0.2, 0) is 5.66 Å². The van der Waals surface area contributed by atoms with Gasteiger partial charge in [0.2, 0.25) is 0 Å². The SMILES string of the molecule is CCCCCCCCCC(N)(N)c1nc(S)nc(S)n1. The molecule has 0 unspecified atom stereocenters. The first kappa shape index (κ1) is 17.7. The largest absolute Gasteiger partial charge is 0.307 e. The summed E-state index contributed by atoms with van der Waals surface area (Å²) in [7, 11) is 0. The van der Waals surface area contributed by atoms with Crippen molar-refractivity contribution in [3.05, 3.63) is 5.82 Å². The summed E-state index contributed by atoms with van der Waals surface area (Å²) in [6, 6.07) is 0. The van der Waals surface area contributed by atoms with Gasteiger partial charge in [-0.3, -0.25) is 0 Å². The third-order valence-corrected chi connectivity index (χ3v) is 3.62. The Labute approximate surface area is 132 Å². The Balaban J connectivity index is 2.37. The molecule has 20 heavy (non-hydrogen) atoms. The molecular weight excluding hydrogens is 290 g/mol. The Bertz CT molecular complexity index is 391. The van der Waals surface area contributed by atoms with Crippen LogP contribution < -0.4 is 11.5 Å². The molecule has 0 aliphatic rings. The van der Waals surface area contributed by atoms with Crippen LogP contribution in [0.2, 0.25) is 0 Å². The van der Waals surface area contributed by atoms with Gasteiger partial charge < -0.3 is 11.5 Å². The quantitative estimate of drug-likeness (QED) is 0.319. The first-order valence-corrected chi connectivity index (χ1v) is 8.07. The molecule has 114 valence electrons. The summed E-state index contributed by atoms with van der Waals surface area (Å²) in [5, 5.41) is 0.583. The van der Waals surface area contributed by atoms with E-state index in [1.807, 2.05) is 0 Å². The van der Waals surface area contributed by atoms with Gasteiger partial charge in [0.1, 0.15) is 5.66 Å². The lowest BCUT2D eigenvalue weighted by Crippen LogP contribution is -2.47. The lowest BCUT2D eigenvalue weighted by atomic mass is 10.0. The van der Waals surface area contributed by atoms with Gasteiger partial charge in [0.05, 0.1) is 0 Å². The molecule has 0 fully saturated rings. The Hall–Kier alpha value is -0.370. The van der Waals surface area contributed by atoms with Crippen molar-refractivity contribution in [1.29, 1.82) is 0 Å². The minimum atomic E-state index is -1.04. The van der Waals surface area contributed by atoms with Crippen LogP contribution in [-0.4, -0.2) is 15.0 Å². The molecule has 1 aromatic heterocycles. The monoisotopic (exact) mass is 315 g/mol. The van der Waals surface area contributed by atoms with E-state index in [1.165, 1.54) is 32.1 Å². The molecule has 0 amide bonds. The summed E-state index contributed by atoms with van der Waals surface area (Å²) < 4.78 is 0. The molecule has 1 rings (SSSR count). The van der Waals surface area contributed by atoms with Crippen molar-refractivity contribution in [3.8, 4) is 0 Å². The zero-order valence-corrected chi connectivity index (χ0v) is 13.8. The van der Waals surface area contributed by atoms with Crippen molar-refractivity contribution < 1.29 is 0 Å². The molecule has 0 aliphatic heterocycles. The van der Waals surface area contributed by atoms with Gasteiger partial charge in [-0.1, -0.05) is 45.4 Å². The minimum Gasteiger partial charge on any atom is -0.307 e. The Morgan fingerprint density at radius 2 is 1.35 bits per heavy atom. The van der Waals surface area contributed by atoms with Gasteiger partial charge in [-0.15, -0.1) is 25.3 Å². The predicted molar refractivity (Wildman–Crippen MR) is 87.0 cm³/mol. The van der Waals surface area contributed by atoms with E-state index in [0.717, 1.165) is 12.8 Å². The maximum atomic E-state index is 6.10. The maximum Gasteiger partial charge on any atom is 0.188 e. The number of aromatic nitrogens is 3. The molecule has 0 bridgehead atoms. The van der Waals surface area contributed by atoms with Gasteiger partial charge in [0, 0.05) is 0 Å². The molecule has 0 saturated heterocycles. The molecule has 5 nitrogen and oxygen atoms in total. The van der Waals surface area contributed by atoms with E-state index in [2.05, 4.69) is 47.1 Å². The van der Waals surface area contributed by atoms with E-state index in [-0.39, 0.29) is 0 Å². The third-order valence-electron chi connectivity index (χ3n) is 3.22. The van der Waals surface area contributed by atoms with Gasteiger partial charge in [-0.25, -0.2) is 9.97 Å². The zero-order chi connectivity index (χ0) is 15.0. The van der Waals surface area contributed by atoms with Crippen LogP contribution in [0.4, 0.5) is 0 Å². The predicted octanol–water partition coefficient (Wildman–Crippen LogP) is 2.66. The molecule has 0 radical (unpaired) electrons. The third kappa shape index (κ3) is 6.39. The molecule has 0 saturated carbocycles. The molecular formula is C13H25N5S2. The van der Waals surface area contributed by atoms with Crippen molar-refractivity contribution in [1.82, 2.24) is 15.0 Å². The van der Waals surface area contributed by atoms with Crippen molar-refractivity contribution in [2.45, 2.75) is 74.3 Å². The van der Waals surface area contributed by atoms with E-state index in [0.29, 0.717) is 22.6 Å². The molecule has 1 aromatic rings. The Kier molecular flexibility index (Phi) is 7.79. The average molecular weight is 316 g/mol. The molecule has 1 heterocycles. The van der Waals surface area contributed by atoms with Gasteiger partial charge in [0.25, 0.3) is 0 Å². The fourth-order valence-electron chi connectivity index (χ4n) is 2.05. The lowest BCUT2D eigenvalue weighted by Gasteiger charge is -2.22. The molecule has 0 aromatic carbocycles. The van der Waals surface area contributed by atoms with E-state index in [1.54, 1.807) is 0 Å². The van der Waals surface area contributed by atoms with E-state index < -0.39 is 5.66 Å². The highest BCUT2D eigenvalue weighted by Gasteiger charge is 2.25. The van der Waals surface area contributed by atoms with Crippen molar-refractivity contribution in [2.75, 3.05) is 0 Å². The first-order chi connectivity index (χ1) is 9.45. The molecule has 0 spiro atoms. The number of nitrogens with zero attached hydrogens (tertiary/aromatic N) is 3. The van der Waals surface area contributed by atoms with Crippen molar-refractivity contribution in [3.63, 3.8) is 0 Å². The van der Waals surface area contributed by atoms with E-state index in [9.17, 15) is 0 Å². The number of hydrogen-bond donors (Lipinski definition) is 4. The normalized spacial score (nSPS) is 11.8. The zero-order valence-electron chi connectivity index (χ0n) is 12.0. The summed E-state index contributed by atoms with van der Waals surface area (Å²) in [5.41, 5.74) is 11.2. The highest BCUT2D eigenvalue weighted by molar-refractivity contribution is 7.80. The number of unbranched alkanes of at least 4 members (excludes halogenated alkanes) is 6. The highest BCUT2D eigenvalue weighted by Crippen LogP contribution is 2.19. The van der Waals surface area contributed by atoms with Crippen LogP contribution >= 0.6 is 25.3 Å². The van der Waals surface area contributed by atoms with Gasteiger partial charge in [-0.2, -0.15) is 4.98 Å². The smallest absolute Gasteiger partial charge is 0.188 e. The Morgan fingerprint density at radius 3 is 1.90 bits per heavy atom. The number of nitrogens with two attached hydrogens (primary N) is 2. The van der Waals surface area contributed by atoms with E-state index in [4.69, 9.17) is 11.5 Å². The standard InChI is InChI=1S/C13H25N5S2/c1-2-3-4-5-6-7-8-9-13(14,15)10-16-11(19)18-12(20)17-10/h2-9,14-15H2,1H3,(H2,16,17,18,19,20). The van der Waals surface area contributed by atoms with Crippen LogP contribution in [0.5, 0.6) is 0 Å². The Morgan fingerprint density at radius 1 is 0.850 bits per heavy atom. The number of thiol groups is 2. The fraction of sp³-hybridized carbons (Fsp3) is 0.769. The summed E-state index contributed by atoms with van der Waals surface area (Å²) in [4.78, 5) is 12.1. The van der Waals surface area contributed by atoms with Crippen molar-refractivity contribution in [2.24, 2.45) is 11.5 Å². The average Bonchev–Trinajstić information content (AvgIpc) is 2.36. The van der Waals surface area contributed by atoms with Crippen LogP contribution in [0.25, 0.3) is 0 Å². The van der Waals surface area contributed by atoms with Gasteiger partial charge >= 0.3 is 0 Å². The summed E-state index contributed by atoms with van der Waals surface area (Å²) >= 11 is 8.18. The second-order valence-electron chi connectivity index (χ2n) is 5.17. The second kappa shape index (κ2) is 8.81. The summed E-state index contributed by atoms with van der Waals surface area (Å²) in [6.45, 7) is 2.22. The summed E-state index contributed by atoms with van der Waals surface area (Å²) in [5.74, 6) is 0.355.